The highest BCUT2D eigenvalue weighted by molar-refractivity contribution is 6.18. The fourth-order valence-corrected chi connectivity index (χ4v) is 7.50. The molecular weight excluding hydrogens is 617 g/mol. The topological polar surface area (TPSA) is 55.6 Å². The first-order chi connectivity index (χ1) is 24.7. The number of oxazole rings is 1. The molecule has 0 amide bonds. The molecule has 5 heteroatoms. The van der Waals surface area contributed by atoms with Gasteiger partial charge in [0.05, 0.1) is 0 Å². The van der Waals surface area contributed by atoms with E-state index in [2.05, 4.69) is 120 Å². The summed E-state index contributed by atoms with van der Waals surface area (Å²) in [6, 6.07) is 54.4. The van der Waals surface area contributed by atoms with Gasteiger partial charge < -0.3 is 18.2 Å². The lowest BCUT2D eigenvalue weighted by atomic mass is 10.0. The van der Waals surface area contributed by atoms with Crippen molar-refractivity contribution < 1.29 is 13.3 Å². The summed E-state index contributed by atoms with van der Waals surface area (Å²) in [5.74, 6) is 0.591. The summed E-state index contributed by atoms with van der Waals surface area (Å²) in [6.07, 6.45) is 0. The van der Waals surface area contributed by atoms with Crippen LogP contribution < -0.4 is 4.90 Å². The summed E-state index contributed by atoms with van der Waals surface area (Å²) in [7, 11) is 0. The second-order valence-corrected chi connectivity index (χ2v) is 12.8. The Morgan fingerprint density at radius 3 is 1.84 bits per heavy atom. The lowest BCUT2D eigenvalue weighted by Gasteiger charge is -2.25. The van der Waals surface area contributed by atoms with Gasteiger partial charge in [-0.3, -0.25) is 0 Å². The minimum Gasteiger partial charge on any atom is -0.456 e. The Morgan fingerprint density at radius 2 is 1.00 bits per heavy atom. The lowest BCUT2D eigenvalue weighted by molar-refractivity contribution is 0.623. The van der Waals surface area contributed by atoms with Crippen LogP contribution in [0.4, 0.5) is 17.1 Å². The molecule has 50 heavy (non-hydrogen) atoms. The SMILES string of the molecule is c1ccc2c(c1)ccc1ccc3nc(-c4ccc(N(c5ccc6c(c5)oc5ccccc56)c5ccc6oc7ccccc7c6c5)cc4)oc3c12. The highest BCUT2D eigenvalue weighted by atomic mass is 16.3. The molecule has 0 bridgehead atoms. The highest BCUT2D eigenvalue weighted by Crippen LogP contribution is 2.42. The van der Waals surface area contributed by atoms with E-state index in [4.69, 9.17) is 18.2 Å². The first-order valence-electron chi connectivity index (χ1n) is 16.7. The predicted molar refractivity (Wildman–Crippen MR) is 204 cm³/mol. The van der Waals surface area contributed by atoms with Crippen LogP contribution in [-0.2, 0) is 0 Å². The van der Waals surface area contributed by atoms with Gasteiger partial charge in [0.2, 0.25) is 5.89 Å². The molecule has 8 aromatic carbocycles. The third-order valence-electron chi connectivity index (χ3n) is 9.87. The maximum Gasteiger partial charge on any atom is 0.227 e. The number of fused-ring (bicyclic) bond motifs is 11. The Morgan fingerprint density at radius 1 is 0.400 bits per heavy atom. The van der Waals surface area contributed by atoms with Gasteiger partial charge >= 0.3 is 0 Å². The van der Waals surface area contributed by atoms with Gasteiger partial charge in [0.15, 0.2) is 5.58 Å². The number of anilines is 3. The third-order valence-corrected chi connectivity index (χ3v) is 9.87. The Hall–Kier alpha value is -6.85. The molecular formula is C45H26N2O3. The van der Waals surface area contributed by atoms with Crippen LogP contribution in [0.1, 0.15) is 0 Å². The largest absolute Gasteiger partial charge is 0.456 e. The molecule has 0 saturated heterocycles. The predicted octanol–water partition coefficient (Wildman–Crippen LogP) is 13.1. The summed E-state index contributed by atoms with van der Waals surface area (Å²) in [5.41, 5.74) is 8.98. The smallest absolute Gasteiger partial charge is 0.227 e. The molecule has 0 fully saturated rings. The summed E-state index contributed by atoms with van der Waals surface area (Å²) >= 11 is 0. The molecule has 0 aliphatic rings. The van der Waals surface area contributed by atoms with Crippen LogP contribution in [0.25, 0.3) is 88.0 Å². The molecule has 3 heterocycles. The number of hydrogen-bond acceptors (Lipinski definition) is 5. The summed E-state index contributed by atoms with van der Waals surface area (Å²) < 4.78 is 19.1. The van der Waals surface area contributed by atoms with Crippen molar-refractivity contribution in [1.82, 2.24) is 4.98 Å². The van der Waals surface area contributed by atoms with E-state index in [0.29, 0.717) is 5.89 Å². The zero-order chi connectivity index (χ0) is 32.8. The molecule has 0 spiro atoms. The normalized spacial score (nSPS) is 12.0. The highest BCUT2D eigenvalue weighted by Gasteiger charge is 2.19. The molecule has 0 aliphatic heterocycles. The van der Waals surface area contributed by atoms with E-state index in [9.17, 15) is 0 Å². The zero-order valence-corrected chi connectivity index (χ0v) is 26.6. The fraction of sp³-hybridized carbons (Fsp3) is 0. The van der Waals surface area contributed by atoms with E-state index in [1.165, 1.54) is 5.39 Å². The molecule has 3 aromatic heterocycles. The van der Waals surface area contributed by atoms with Crippen LogP contribution in [-0.4, -0.2) is 4.98 Å². The van der Waals surface area contributed by atoms with E-state index in [1.807, 2.05) is 42.5 Å². The van der Waals surface area contributed by atoms with E-state index >= 15 is 0 Å². The number of benzene rings is 8. The van der Waals surface area contributed by atoms with Gasteiger partial charge in [0.25, 0.3) is 0 Å². The average Bonchev–Trinajstić information content (AvgIpc) is 3.88. The van der Waals surface area contributed by atoms with E-state index in [1.54, 1.807) is 0 Å². The quantitative estimate of drug-likeness (QED) is 0.179. The molecule has 0 unspecified atom stereocenters. The molecule has 234 valence electrons. The average molecular weight is 643 g/mol. The van der Waals surface area contributed by atoms with E-state index < -0.39 is 0 Å². The first kappa shape index (κ1) is 27.1. The van der Waals surface area contributed by atoms with Crippen molar-refractivity contribution in [3.05, 3.63) is 158 Å². The second-order valence-electron chi connectivity index (χ2n) is 12.8. The standard InChI is InChI=1S/C45H26N2O3/c1-2-8-33-27(7-1)13-14-28-17-23-38-44(43(28)33)50-45(46-38)29-15-18-30(19-16-29)47(31-21-24-41-37(25-31)35-10-4-6-12-40(35)48-41)32-20-22-36-34-9-3-5-11-39(34)49-42(36)26-32/h1-26H. The fourth-order valence-electron chi connectivity index (χ4n) is 7.50. The van der Waals surface area contributed by atoms with E-state index in [-0.39, 0.29) is 0 Å². The molecule has 11 aromatic rings. The second kappa shape index (κ2) is 10.3. The van der Waals surface area contributed by atoms with Gasteiger partial charge in [-0.2, -0.15) is 0 Å². The van der Waals surface area contributed by atoms with Crippen LogP contribution in [0.5, 0.6) is 0 Å². The number of furan rings is 2. The minimum atomic E-state index is 0.591. The molecule has 0 atom stereocenters. The molecule has 0 radical (unpaired) electrons. The molecule has 5 nitrogen and oxygen atoms in total. The van der Waals surface area contributed by atoms with Crippen molar-refractivity contribution in [2.24, 2.45) is 0 Å². The summed E-state index contributed by atoms with van der Waals surface area (Å²) in [4.78, 5) is 7.19. The number of aromatic nitrogens is 1. The number of nitrogens with zero attached hydrogens (tertiary/aromatic N) is 2. The van der Waals surface area contributed by atoms with Gasteiger partial charge in [0, 0.05) is 55.6 Å². The van der Waals surface area contributed by atoms with Gasteiger partial charge in [-0.15, -0.1) is 0 Å². The molecule has 0 N–H and O–H groups in total. The van der Waals surface area contributed by atoms with Crippen LogP contribution in [0.15, 0.2) is 171 Å². The van der Waals surface area contributed by atoms with Crippen molar-refractivity contribution >= 4 is 93.6 Å². The van der Waals surface area contributed by atoms with Gasteiger partial charge in [-0.05, 0) is 89.0 Å². The molecule has 0 aliphatic carbocycles. The van der Waals surface area contributed by atoms with Crippen LogP contribution in [0.2, 0.25) is 0 Å². The maximum absolute atomic E-state index is 6.55. The van der Waals surface area contributed by atoms with Crippen molar-refractivity contribution in [2.45, 2.75) is 0 Å². The van der Waals surface area contributed by atoms with Crippen LogP contribution >= 0.6 is 0 Å². The number of rotatable bonds is 4. The summed E-state index contributed by atoms with van der Waals surface area (Å²) in [6.45, 7) is 0. The van der Waals surface area contributed by atoms with Crippen molar-refractivity contribution in [1.29, 1.82) is 0 Å². The van der Waals surface area contributed by atoms with Crippen molar-refractivity contribution in [3.8, 4) is 11.5 Å². The Kier molecular flexibility index (Phi) is 5.60. The number of hydrogen-bond donors (Lipinski definition) is 0. The third kappa shape index (κ3) is 4.04. The molecule has 11 rings (SSSR count). The Bertz CT molecular complexity index is 3110. The van der Waals surface area contributed by atoms with Crippen LogP contribution in [0.3, 0.4) is 0 Å². The summed E-state index contributed by atoms with van der Waals surface area (Å²) in [5, 5.41) is 8.91. The maximum atomic E-state index is 6.55. The minimum absolute atomic E-state index is 0.591. The number of para-hydroxylation sites is 2. The first-order valence-corrected chi connectivity index (χ1v) is 16.7. The van der Waals surface area contributed by atoms with E-state index in [0.717, 1.165) is 93.8 Å². The Labute approximate surface area is 285 Å². The van der Waals surface area contributed by atoms with Crippen molar-refractivity contribution in [2.75, 3.05) is 4.90 Å². The van der Waals surface area contributed by atoms with Crippen molar-refractivity contribution in [3.63, 3.8) is 0 Å². The van der Waals surface area contributed by atoms with Gasteiger partial charge in [-0.25, -0.2) is 4.98 Å². The van der Waals surface area contributed by atoms with Gasteiger partial charge in [0.1, 0.15) is 27.8 Å². The lowest BCUT2D eigenvalue weighted by Crippen LogP contribution is -2.09. The molecule has 0 saturated carbocycles. The van der Waals surface area contributed by atoms with Crippen LogP contribution in [0, 0.1) is 0 Å². The zero-order valence-electron chi connectivity index (χ0n) is 26.6. The Balaban J connectivity index is 1.06. The monoisotopic (exact) mass is 642 g/mol. The van der Waals surface area contributed by atoms with Gasteiger partial charge in [-0.1, -0.05) is 78.9 Å².